The van der Waals surface area contributed by atoms with Crippen molar-refractivity contribution in [2.45, 2.75) is 13.3 Å². The summed E-state index contributed by atoms with van der Waals surface area (Å²) in [4.78, 5) is 4.18. The van der Waals surface area contributed by atoms with Crippen LogP contribution in [0.3, 0.4) is 0 Å². The second kappa shape index (κ2) is 5.25. The first-order valence-electron chi connectivity index (χ1n) is 2.21. The van der Waals surface area contributed by atoms with Gasteiger partial charge in [-0.15, -0.1) is 0 Å². The average Bonchev–Trinajstić information content (AvgIpc) is 1.66. The van der Waals surface area contributed by atoms with Crippen molar-refractivity contribution in [3.8, 4) is 0 Å². The second-order valence-corrected chi connectivity index (χ2v) is 2.05. The zero-order valence-electron chi connectivity index (χ0n) is 4.49. The summed E-state index contributed by atoms with van der Waals surface area (Å²) in [6.45, 7) is 2.19. The maximum atomic E-state index is 9.64. The molecule has 0 N–H and O–H groups in total. The molecule has 0 spiro atoms. The van der Waals surface area contributed by atoms with Crippen LogP contribution in [0, 0.1) is 0 Å². The van der Waals surface area contributed by atoms with Crippen LogP contribution in [0.15, 0.2) is 0 Å². The van der Waals surface area contributed by atoms with Crippen molar-refractivity contribution in [3.63, 3.8) is 0 Å². The molecule has 0 radical (unpaired) electrons. The van der Waals surface area contributed by atoms with E-state index < -0.39 is 15.4 Å². The summed E-state index contributed by atoms with van der Waals surface area (Å²) in [7, 11) is 0. The number of rotatable bonds is 4. The topological polar surface area (TPSA) is 52.6 Å². The molecule has 48 valence electrons. The summed E-state index contributed by atoms with van der Waals surface area (Å²) in [6, 6.07) is 0. The molecule has 8 heavy (non-hydrogen) atoms. The van der Waals surface area contributed by atoms with E-state index in [0.717, 1.165) is 6.42 Å². The molecule has 0 saturated heterocycles. The third-order valence-corrected chi connectivity index (χ3v) is 0.756. The Balaban J connectivity index is 2.94. The first-order chi connectivity index (χ1) is 3.77. The van der Waals surface area contributed by atoms with Gasteiger partial charge in [0.1, 0.15) is 0 Å². The second-order valence-electron chi connectivity index (χ2n) is 1.12. The molecule has 0 aliphatic carbocycles. The van der Waals surface area contributed by atoms with Gasteiger partial charge in [-0.05, 0) is 0 Å². The van der Waals surface area contributed by atoms with Crippen molar-refractivity contribution in [2.75, 3.05) is 6.61 Å². The molecule has 0 heterocycles. The van der Waals surface area contributed by atoms with E-state index in [1.807, 2.05) is 6.92 Å². The van der Waals surface area contributed by atoms with Gasteiger partial charge in [0.25, 0.3) is 0 Å². The fourth-order valence-electron chi connectivity index (χ4n) is 0.164. The monoisotopic (exact) mass is 158 g/mol. The molecule has 4 nitrogen and oxygen atoms in total. The Kier molecular flexibility index (Phi) is 5.31. The van der Waals surface area contributed by atoms with Gasteiger partial charge in [-0.3, -0.25) is 0 Å². The predicted molar refractivity (Wildman–Crippen MR) is 18.7 cm³/mol. The fraction of sp³-hybridized carbons (Fsp3) is 1.00. The molecule has 0 saturated carbocycles. The summed E-state index contributed by atoms with van der Waals surface area (Å²) in [5.41, 5.74) is 0. The predicted octanol–water partition coefficient (Wildman–Crippen LogP) is 0.569. The van der Waals surface area contributed by atoms with E-state index in [0.29, 0.717) is 6.61 Å². The first kappa shape index (κ1) is 8.10. The molecule has 0 amide bonds. The zero-order chi connectivity index (χ0) is 6.41. The SMILES string of the molecule is CCCO[O][V](=[O])=[O]. The van der Waals surface area contributed by atoms with Crippen LogP contribution in [0.4, 0.5) is 0 Å². The maximum absolute atomic E-state index is 9.64. The van der Waals surface area contributed by atoms with Crippen LogP contribution in [0.5, 0.6) is 0 Å². The number of hydrogen-bond acceptors (Lipinski definition) is 4. The van der Waals surface area contributed by atoms with Crippen LogP contribution >= 0.6 is 0 Å². The first-order valence-corrected chi connectivity index (χ1v) is 3.92. The molecule has 0 bridgehead atoms. The van der Waals surface area contributed by atoms with Crippen molar-refractivity contribution in [2.24, 2.45) is 0 Å². The Morgan fingerprint density at radius 1 is 1.50 bits per heavy atom. The summed E-state index contributed by atoms with van der Waals surface area (Å²) in [5.74, 6) is 0. The molecule has 0 aliphatic heterocycles. The summed E-state index contributed by atoms with van der Waals surface area (Å²) in [6.07, 6.45) is 0.752. The molecule has 0 unspecified atom stereocenters. The van der Waals surface area contributed by atoms with Gasteiger partial charge in [-0.2, -0.15) is 0 Å². The minimum atomic E-state index is -3.48. The van der Waals surface area contributed by atoms with Crippen molar-refractivity contribution in [1.29, 1.82) is 0 Å². The van der Waals surface area contributed by atoms with Crippen LogP contribution in [0.25, 0.3) is 0 Å². The van der Waals surface area contributed by atoms with Gasteiger partial charge >= 0.3 is 51.4 Å². The summed E-state index contributed by atoms with van der Waals surface area (Å²) in [5, 5.41) is 0. The van der Waals surface area contributed by atoms with Crippen LogP contribution in [0.1, 0.15) is 13.3 Å². The van der Waals surface area contributed by atoms with Crippen molar-refractivity contribution in [3.05, 3.63) is 0 Å². The van der Waals surface area contributed by atoms with E-state index in [1.54, 1.807) is 0 Å². The van der Waals surface area contributed by atoms with Crippen LogP contribution in [0.2, 0.25) is 0 Å². The van der Waals surface area contributed by atoms with E-state index >= 15 is 0 Å². The Bertz CT molecular complexity index is 99.9. The summed E-state index contributed by atoms with van der Waals surface area (Å²) >= 11 is -3.48. The quantitative estimate of drug-likeness (QED) is 0.341. The zero-order valence-corrected chi connectivity index (χ0v) is 5.89. The van der Waals surface area contributed by atoms with Gasteiger partial charge in [-0.1, -0.05) is 0 Å². The molecule has 5 heteroatoms. The molecular weight excluding hydrogens is 151 g/mol. The Hall–Kier alpha value is 0.104. The van der Waals surface area contributed by atoms with E-state index in [9.17, 15) is 7.35 Å². The molecule has 0 atom stereocenters. The van der Waals surface area contributed by atoms with E-state index in [1.165, 1.54) is 0 Å². The van der Waals surface area contributed by atoms with E-state index in [-0.39, 0.29) is 0 Å². The normalized spacial score (nSPS) is 9.12. The molecular formula is C3H7O4V. The van der Waals surface area contributed by atoms with Crippen LogP contribution in [-0.4, -0.2) is 6.61 Å². The van der Waals surface area contributed by atoms with Gasteiger partial charge in [0.15, 0.2) is 0 Å². The Labute approximate surface area is 52.1 Å². The molecule has 0 aliphatic rings. The molecule has 0 rings (SSSR count). The third kappa shape index (κ3) is 6.10. The van der Waals surface area contributed by atoms with Gasteiger partial charge in [-0.25, -0.2) is 0 Å². The molecule has 0 aromatic carbocycles. The standard InChI is InChI=1S/C3H8O2.2O.V/c1-2-3-5-4;;;/h4H,2-3H2,1H3;;;/q;;;+1/p-1. The van der Waals surface area contributed by atoms with Crippen LogP contribution < -0.4 is 0 Å². The Morgan fingerprint density at radius 3 is 2.50 bits per heavy atom. The summed E-state index contributed by atoms with van der Waals surface area (Å²) < 4.78 is 23.1. The van der Waals surface area contributed by atoms with Gasteiger partial charge < -0.3 is 0 Å². The fourth-order valence-corrected chi connectivity index (χ4v) is 0.414. The van der Waals surface area contributed by atoms with E-state index in [4.69, 9.17) is 0 Å². The van der Waals surface area contributed by atoms with Crippen molar-refractivity contribution >= 4 is 0 Å². The molecule has 0 aromatic heterocycles. The Morgan fingerprint density at radius 2 is 2.12 bits per heavy atom. The van der Waals surface area contributed by atoms with Crippen LogP contribution in [-0.2, 0) is 31.4 Å². The van der Waals surface area contributed by atoms with Crippen molar-refractivity contribution in [1.82, 2.24) is 0 Å². The van der Waals surface area contributed by atoms with Gasteiger partial charge in [0, 0.05) is 0 Å². The molecule has 0 fully saturated rings. The average molecular weight is 158 g/mol. The van der Waals surface area contributed by atoms with Gasteiger partial charge in [0.2, 0.25) is 0 Å². The van der Waals surface area contributed by atoms with Crippen molar-refractivity contribution < 1.29 is 31.4 Å². The van der Waals surface area contributed by atoms with Gasteiger partial charge in [0.05, 0.1) is 0 Å². The third-order valence-electron chi connectivity index (χ3n) is 0.401. The van der Waals surface area contributed by atoms with E-state index in [2.05, 4.69) is 8.70 Å². The number of hydrogen-bond donors (Lipinski definition) is 0. The minimum absolute atomic E-state index is 0.329. The molecule has 0 aromatic rings.